The van der Waals surface area contributed by atoms with Gasteiger partial charge >= 0.3 is 12.1 Å². The van der Waals surface area contributed by atoms with E-state index in [0.717, 1.165) is 36.4 Å². The van der Waals surface area contributed by atoms with Gasteiger partial charge in [-0.15, -0.1) is 0 Å². The number of hydrogen-bond donors (Lipinski definition) is 2. The van der Waals surface area contributed by atoms with E-state index in [2.05, 4.69) is 0 Å². The van der Waals surface area contributed by atoms with Gasteiger partial charge in [-0.1, -0.05) is 36.4 Å². The molecule has 0 aliphatic rings. The zero-order valence-corrected chi connectivity index (χ0v) is 11.5. The van der Waals surface area contributed by atoms with E-state index in [1.165, 1.54) is 12.1 Å². The number of nitrogens with two attached hydrogens (primary N) is 2. The largest absolute Gasteiger partial charge is 0.457 e. The molecule has 124 valence electrons. The lowest BCUT2D eigenvalue weighted by atomic mass is 9.80. The second kappa shape index (κ2) is 5.36. The first-order chi connectivity index (χ1) is 10.5. The Bertz CT molecular complexity index is 666. The second-order valence-electron chi connectivity index (χ2n) is 4.91. The Hall–Kier alpha value is -2.38. The van der Waals surface area contributed by atoms with Gasteiger partial charge in [-0.2, -0.15) is 22.0 Å². The minimum absolute atomic E-state index is 0.540. The summed E-state index contributed by atoms with van der Waals surface area (Å²) in [6.45, 7) is 0. The number of para-hydroxylation sites is 2. The van der Waals surface area contributed by atoms with Crippen LogP contribution in [0.25, 0.3) is 0 Å². The molecule has 0 fully saturated rings. The van der Waals surface area contributed by atoms with Crippen molar-refractivity contribution in [1.29, 1.82) is 0 Å². The first-order valence-corrected chi connectivity index (χ1v) is 6.37. The van der Waals surface area contributed by atoms with Crippen LogP contribution in [0, 0.1) is 0 Å². The van der Waals surface area contributed by atoms with E-state index in [1.807, 2.05) is 0 Å². The van der Waals surface area contributed by atoms with Gasteiger partial charge in [0.05, 0.1) is 0 Å². The highest BCUT2D eigenvalue weighted by Crippen LogP contribution is 2.56. The molecule has 0 bridgehead atoms. The molecule has 0 unspecified atom stereocenters. The first kappa shape index (κ1) is 17.0. The highest BCUT2D eigenvalue weighted by molar-refractivity contribution is 5.61. The van der Waals surface area contributed by atoms with Crippen molar-refractivity contribution in [2.24, 2.45) is 0 Å². The Morgan fingerprint density at radius 2 is 0.957 bits per heavy atom. The molecule has 0 saturated heterocycles. The maximum Gasteiger partial charge on any atom is 0.457 e. The molecule has 0 atom stereocenters. The fourth-order valence-electron chi connectivity index (χ4n) is 2.30. The highest BCUT2D eigenvalue weighted by atomic mass is 19.4. The molecule has 0 aliphatic carbocycles. The predicted octanol–water partition coefficient (Wildman–Crippen LogP) is 4.26. The molecular formula is C15H12F6N2. The van der Waals surface area contributed by atoms with Crippen LogP contribution in [0.15, 0.2) is 48.5 Å². The molecule has 2 aromatic rings. The minimum Gasteiger partial charge on any atom is -0.398 e. The van der Waals surface area contributed by atoms with E-state index in [9.17, 15) is 22.0 Å². The first-order valence-electron chi connectivity index (χ1n) is 6.37. The topological polar surface area (TPSA) is 52.0 Å². The van der Waals surface area contributed by atoms with Crippen LogP contribution in [0.3, 0.4) is 0 Å². The molecule has 0 spiro atoms. The zero-order chi connectivity index (χ0) is 17.5. The number of nitrogen functional groups attached to an aromatic ring is 2. The van der Waals surface area contributed by atoms with Gasteiger partial charge in [-0.25, -0.2) is 4.39 Å². The van der Waals surface area contributed by atoms with Gasteiger partial charge in [0.15, 0.2) is 0 Å². The molecule has 0 aromatic heterocycles. The summed E-state index contributed by atoms with van der Waals surface area (Å²) in [5, 5.41) is 0. The molecule has 0 radical (unpaired) electrons. The van der Waals surface area contributed by atoms with Crippen LogP contribution in [0.1, 0.15) is 11.1 Å². The van der Waals surface area contributed by atoms with Crippen LogP contribution >= 0.6 is 0 Å². The SMILES string of the molecule is Nc1ccccc1C(F)(c1ccccc1N)C(F)(F)C(F)(F)F. The van der Waals surface area contributed by atoms with E-state index in [0.29, 0.717) is 0 Å². The van der Waals surface area contributed by atoms with Crippen molar-refractivity contribution in [3.8, 4) is 0 Å². The maximum absolute atomic E-state index is 15.4. The molecule has 4 N–H and O–H groups in total. The van der Waals surface area contributed by atoms with Gasteiger partial charge in [0.1, 0.15) is 0 Å². The molecule has 0 amide bonds. The fraction of sp³-hybridized carbons (Fsp3) is 0.200. The van der Waals surface area contributed by atoms with Crippen LogP contribution in [0.2, 0.25) is 0 Å². The molecule has 0 saturated carbocycles. The summed E-state index contributed by atoms with van der Waals surface area (Å²) in [5.41, 5.74) is 3.56. The molecule has 23 heavy (non-hydrogen) atoms. The third-order valence-corrected chi connectivity index (χ3v) is 3.45. The molecular weight excluding hydrogens is 322 g/mol. The average molecular weight is 334 g/mol. The summed E-state index contributed by atoms with van der Waals surface area (Å²) in [5.74, 6) is -5.75. The molecule has 0 aliphatic heterocycles. The Morgan fingerprint density at radius 1 is 0.609 bits per heavy atom. The van der Waals surface area contributed by atoms with Crippen LogP contribution in [-0.2, 0) is 5.67 Å². The Balaban J connectivity index is 2.87. The molecule has 2 aromatic carbocycles. The quantitative estimate of drug-likeness (QED) is 0.651. The third kappa shape index (κ3) is 2.47. The van der Waals surface area contributed by atoms with E-state index < -0.39 is 40.3 Å². The highest BCUT2D eigenvalue weighted by Gasteiger charge is 2.73. The normalized spacial score (nSPS) is 13.1. The van der Waals surface area contributed by atoms with E-state index >= 15 is 4.39 Å². The Kier molecular flexibility index (Phi) is 3.96. The molecule has 2 rings (SSSR count). The lowest BCUT2D eigenvalue weighted by molar-refractivity contribution is -0.322. The number of alkyl halides is 6. The standard InChI is InChI=1S/C15H12F6N2/c16-13(14(17,18)15(19,20)21,9-5-1-3-7-11(9)22)10-6-2-4-8-12(10)23/h1-8H,22-23H2. The van der Waals surface area contributed by atoms with Gasteiger partial charge in [-0.05, 0) is 12.1 Å². The van der Waals surface area contributed by atoms with E-state index in [1.54, 1.807) is 0 Å². The van der Waals surface area contributed by atoms with Crippen molar-refractivity contribution >= 4 is 11.4 Å². The van der Waals surface area contributed by atoms with E-state index in [4.69, 9.17) is 11.5 Å². The van der Waals surface area contributed by atoms with Gasteiger partial charge in [0.25, 0.3) is 0 Å². The van der Waals surface area contributed by atoms with Gasteiger partial charge in [-0.3, -0.25) is 0 Å². The lowest BCUT2D eigenvalue weighted by Gasteiger charge is -2.36. The van der Waals surface area contributed by atoms with Crippen molar-refractivity contribution in [2.45, 2.75) is 17.8 Å². The van der Waals surface area contributed by atoms with Crippen LogP contribution < -0.4 is 11.5 Å². The van der Waals surface area contributed by atoms with Gasteiger partial charge in [0, 0.05) is 22.5 Å². The number of rotatable bonds is 3. The Labute approximate surface area is 127 Å². The van der Waals surface area contributed by atoms with Crippen LogP contribution in [-0.4, -0.2) is 12.1 Å². The molecule has 0 heterocycles. The monoisotopic (exact) mass is 334 g/mol. The van der Waals surface area contributed by atoms with Gasteiger partial charge < -0.3 is 11.5 Å². The fourth-order valence-corrected chi connectivity index (χ4v) is 2.30. The number of anilines is 2. The summed E-state index contributed by atoms with van der Waals surface area (Å²) >= 11 is 0. The summed E-state index contributed by atoms with van der Waals surface area (Å²) < 4.78 is 82.3. The summed E-state index contributed by atoms with van der Waals surface area (Å²) in [6.07, 6.45) is -6.15. The average Bonchev–Trinajstić information content (AvgIpc) is 2.46. The van der Waals surface area contributed by atoms with Crippen LogP contribution in [0.5, 0.6) is 0 Å². The van der Waals surface area contributed by atoms with E-state index in [-0.39, 0.29) is 0 Å². The van der Waals surface area contributed by atoms with Crippen LogP contribution in [0.4, 0.5) is 37.7 Å². The number of hydrogen-bond acceptors (Lipinski definition) is 2. The Morgan fingerprint density at radius 3 is 1.26 bits per heavy atom. The second-order valence-corrected chi connectivity index (χ2v) is 4.91. The predicted molar refractivity (Wildman–Crippen MR) is 74.6 cm³/mol. The summed E-state index contributed by atoms with van der Waals surface area (Å²) in [4.78, 5) is 0. The molecule has 2 nitrogen and oxygen atoms in total. The van der Waals surface area contributed by atoms with Crippen molar-refractivity contribution < 1.29 is 26.3 Å². The van der Waals surface area contributed by atoms with Crippen molar-refractivity contribution in [3.63, 3.8) is 0 Å². The van der Waals surface area contributed by atoms with Crippen molar-refractivity contribution in [3.05, 3.63) is 59.7 Å². The third-order valence-electron chi connectivity index (χ3n) is 3.45. The molecule has 8 heteroatoms. The lowest BCUT2D eigenvalue weighted by Crippen LogP contribution is -2.53. The number of benzene rings is 2. The number of halogens is 6. The maximum atomic E-state index is 15.4. The van der Waals surface area contributed by atoms with Gasteiger partial charge in [0.2, 0.25) is 5.67 Å². The minimum atomic E-state index is -6.15. The zero-order valence-electron chi connectivity index (χ0n) is 11.5. The van der Waals surface area contributed by atoms with Crippen molar-refractivity contribution in [2.75, 3.05) is 11.5 Å². The summed E-state index contributed by atoms with van der Waals surface area (Å²) in [7, 11) is 0. The summed E-state index contributed by atoms with van der Waals surface area (Å²) in [6, 6.07) is 8.45. The van der Waals surface area contributed by atoms with Crippen molar-refractivity contribution in [1.82, 2.24) is 0 Å². The smallest absolute Gasteiger partial charge is 0.398 e.